The smallest absolute Gasteiger partial charge is 0.255 e. The second kappa shape index (κ2) is 5.87. The summed E-state index contributed by atoms with van der Waals surface area (Å²) < 4.78 is 0. The van der Waals surface area contributed by atoms with Crippen LogP contribution in [0.2, 0.25) is 0 Å². The molecule has 0 aromatic heterocycles. The molecule has 0 heterocycles. The fraction of sp³-hybridized carbons (Fsp3) is 0.235. The van der Waals surface area contributed by atoms with Crippen LogP contribution in [0.25, 0.3) is 0 Å². The molecule has 0 spiro atoms. The fourth-order valence-corrected chi connectivity index (χ4v) is 2.21. The minimum atomic E-state index is -0.262. The zero-order chi connectivity index (χ0) is 15.6. The topological polar surface area (TPSA) is 75.4 Å². The van der Waals surface area contributed by atoms with E-state index in [0.29, 0.717) is 11.5 Å². The van der Waals surface area contributed by atoms with E-state index in [1.54, 1.807) is 6.07 Å². The monoisotopic (exact) mass is 284 g/mol. The van der Waals surface area contributed by atoms with E-state index in [1.807, 2.05) is 25.1 Å². The van der Waals surface area contributed by atoms with E-state index in [0.717, 1.165) is 16.8 Å². The molecule has 0 fully saturated rings. The van der Waals surface area contributed by atoms with E-state index < -0.39 is 0 Å². The molecule has 0 aliphatic carbocycles. The van der Waals surface area contributed by atoms with E-state index in [2.05, 4.69) is 19.2 Å². The summed E-state index contributed by atoms with van der Waals surface area (Å²) in [7, 11) is 0. The maximum Gasteiger partial charge on any atom is 0.255 e. The lowest BCUT2D eigenvalue weighted by molar-refractivity contribution is 0.102. The number of carbonyl (C=O) groups excluding carboxylic acids is 1. The van der Waals surface area contributed by atoms with Crippen molar-refractivity contribution in [1.29, 1.82) is 0 Å². The minimum Gasteiger partial charge on any atom is -0.506 e. The molecule has 0 aliphatic heterocycles. The number of phenols is 1. The second-order valence-corrected chi connectivity index (χ2v) is 5.42. The second-order valence-electron chi connectivity index (χ2n) is 5.42. The summed E-state index contributed by atoms with van der Waals surface area (Å²) >= 11 is 0. The first-order valence-electron chi connectivity index (χ1n) is 6.89. The number of benzene rings is 2. The molecule has 0 atom stereocenters. The van der Waals surface area contributed by atoms with Crippen molar-refractivity contribution in [2.24, 2.45) is 0 Å². The summed E-state index contributed by atoms with van der Waals surface area (Å²) in [6.07, 6.45) is 0. The number of hydrogen-bond acceptors (Lipinski definition) is 3. The molecule has 4 heteroatoms. The van der Waals surface area contributed by atoms with Crippen LogP contribution in [-0.2, 0) is 0 Å². The van der Waals surface area contributed by atoms with Crippen molar-refractivity contribution in [2.45, 2.75) is 26.7 Å². The quantitative estimate of drug-likeness (QED) is 0.594. The predicted octanol–water partition coefficient (Wildman–Crippen LogP) is 3.66. The molecule has 0 saturated carbocycles. The summed E-state index contributed by atoms with van der Waals surface area (Å²) in [4.78, 5) is 12.3. The van der Waals surface area contributed by atoms with Gasteiger partial charge in [-0.3, -0.25) is 4.79 Å². The molecule has 0 saturated heterocycles. The largest absolute Gasteiger partial charge is 0.506 e. The van der Waals surface area contributed by atoms with Crippen molar-refractivity contribution in [3.63, 3.8) is 0 Å². The molecule has 0 unspecified atom stereocenters. The van der Waals surface area contributed by atoms with E-state index in [1.165, 1.54) is 12.1 Å². The number of phenolic OH excluding ortho intramolecular Hbond substituents is 1. The molecule has 21 heavy (non-hydrogen) atoms. The van der Waals surface area contributed by atoms with Gasteiger partial charge in [0, 0.05) is 11.3 Å². The van der Waals surface area contributed by atoms with Gasteiger partial charge in [0.15, 0.2) is 0 Å². The van der Waals surface area contributed by atoms with Crippen LogP contribution in [0, 0.1) is 6.92 Å². The van der Waals surface area contributed by atoms with Gasteiger partial charge in [-0.1, -0.05) is 32.0 Å². The van der Waals surface area contributed by atoms with Crippen LogP contribution in [0.3, 0.4) is 0 Å². The molecule has 4 N–H and O–H groups in total. The number of nitrogens with two attached hydrogens (primary N) is 1. The van der Waals surface area contributed by atoms with Gasteiger partial charge >= 0.3 is 0 Å². The van der Waals surface area contributed by atoms with Crippen molar-refractivity contribution in [2.75, 3.05) is 11.1 Å². The first kappa shape index (κ1) is 14.9. The first-order valence-corrected chi connectivity index (χ1v) is 6.89. The van der Waals surface area contributed by atoms with Crippen LogP contribution >= 0.6 is 0 Å². The van der Waals surface area contributed by atoms with Crippen molar-refractivity contribution >= 4 is 17.3 Å². The van der Waals surface area contributed by atoms with Crippen molar-refractivity contribution in [3.05, 3.63) is 53.1 Å². The number of rotatable bonds is 3. The van der Waals surface area contributed by atoms with E-state index in [-0.39, 0.29) is 17.3 Å². The van der Waals surface area contributed by atoms with Crippen LogP contribution in [0.4, 0.5) is 11.4 Å². The van der Waals surface area contributed by atoms with Gasteiger partial charge in [-0.2, -0.15) is 0 Å². The molecule has 2 aromatic carbocycles. The maximum absolute atomic E-state index is 12.3. The molecule has 1 amide bonds. The number of aryl methyl sites for hydroxylation is 1. The fourth-order valence-electron chi connectivity index (χ4n) is 2.21. The SMILES string of the molecule is Cc1cccc(C(C)C)c1NC(=O)c1ccc(N)c(O)c1. The Kier molecular flexibility index (Phi) is 4.17. The third-order valence-corrected chi connectivity index (χ3v) is 3.46. The predicted molar refractivity (Wildman–Crippen MR) is 85.7 cm³/mol. The average Bonchev–Trinajstić information content (AvgIpc) is 2.43. The van der Waals surface area contributed by atoms with Gasteiger partial charge in [-0.15, -0.1) is 0 Å². The lowest BCUT2D eigenvalue weighted by Crippen LogP contribution is -2.14. The Labute approximate surface area is 124 Å². The lowest BCUT2D eigenvalue weighted by Gasteiger charge is -2.16. The molecule has 110 valence electrons. The highest BCUT2D eigenvalue weighted by molar-refractivity contribution is 6.05. The number of carbonyl (C=O) groups is 1. The Balaban J connectivity index is 2.33. The summed E-state index contributed by atoms with van der Waals surface area (Å²) in [5.41, 5.74) is 9.10. The first-order chi connectivity index (χ1) is 9.90. The van der Waals surface area contributed by atoms with Crippen molar-refractivity contribution in [3.8, 4) is 5.75 Å². The number of nitrogens with one attached hydrogen (secondary N) is 1. The van der Waals surface area contributed by atoms with Gasteiger partial charge < -0.3 is 16.2 Å². The zero-order valence-corrected chi connectivity index (χ0v) is 12.5. The van der Waals surface area contributed by atoms with Gasteiger partial charge in [0.1, 0.15) is 5.75 Å². The number of aromatic hydroxyl groups is 1. The molecule has 0 bridgehead atoms. The Hall–Kier alpha value is -2.49. The number of para-hydroxylation sites is 1. The Morgan fingerprint density at radius 1 is 1.24 bits per heavy atom. The third kappa shape index (κ3) is 3.16. The molecule has 0 aliphatic rings. The lowest BCUT2D eigenvalue weighted by atomic mass is 9.98. The highest BCUT2D eigenvalue weighted by atomic mass is 16.3. The Morgan fingerprint density at radius 2 is 1.95 bits per heavy atom. The van der Waals surface area contributed by atoms with E-state index >= 15 is 0 Å². The van der Waals surface area contributed by atoms with E-state index in [4.69, 9.17) is 5.73 Å². The summed E-state index contributed by atoms with van der Waals surface area (Å²) in [6, 6.07) is 10.4. The number of nitrogen functional groups attached to an aromatic ring is 1. The molecular formula is C17H20N2O2. The molecule has 0 radical (unpaired) electrons. The third-order valence-electron chi connectivity index (χ3n) is 3.46. The standard InChI is InChI=1S/C17H20N2O2/c1-10(2)13-6-4-5-11(3)16(13)19-17(21)12-7-8-14(18)15(20)9-12/h4-10,20H,18H2,1-3H3,(H,19,21). The highest BCUT2D eigenvalue weighted by Gasteiger charge is 2.14. The summed E-state index contributed by atoms with van der Waals surface area (Å²) in [5, 5.41) is 12.5. The molecular weight excluding hydrogens is 264 g/mol. The Bertz CT molecular complexity index is 678. The maximum atomic E-state index is 12.3. The number of anilines is 2. The summed E-state index contributed by atoms with van der Waals surface area (Å²) in [6.45, 7) is 6.13. The van der Waals surface area contributed by atoms with Crippen LogP contribution in [0.1, 0.15) is 41.3 Å². The van der Waals surface area contributed by atoms with Crippen molar-refractivity contribution in [1.82, 2.24) is 0 Å². The van der Waals surface area contributed by atoms with Crippen LogP contribution in [0.15, 0.2) is 36.4 Å². The molecule has 2 aromatic rings. The average molecular weight is 284 g/mol. The van der Waals surface area contributed by atoms with Gasteiger partial charge in [-0.05, 0) is 42.2 Å². The summed E-state index contributed by atoms with van der Waals surface area (Å²) in [5.74, 6) is -0.0435. The van der Waals surface area contributed by atoms with Gasteiger partial charge in [0.2, 0.25) is 0 Å². The normalized spacial score (nSPS) is 10.7. The zero-order valence-electron chi connectivity index (χ0n) is 12.5. The Morgan fingerprint density at radius 3 is 2.57 bits per heavy atom. The number of hydrogen-bond donors (Lipinski definition) is 3. The minimum absolute atomic E-state index is 0.0866. The molecule has 2 rings (SSSR count). The number of amides is 1. The van der Waals surface area contributed by atoms with Gasteiger partial charge in [0.25, 0.3) is 5.91 Å². The van der Waals surface area contributed by atoms with Crippen LogP contribution in [0.5, 0.6) is 5.75 Å². The van der Waals surface area contributed by atoms with Gasteiger partial charge in [-0.25, -0.2) is 0 Å². The van der Waals surface area contributed by atoms with E-state index in [9.17, 15) is 9.90 Å². The molecule has 4 nitrogen and oxygen atoms in total. The van der Waals surface area contributed by atoms with Crippen LogP contribution in [-0.4, -0.2) is 11.0 Å². The van der Waals surface area contributed by atoms with Crippen LogP contribution < -0.4 is 11.1 Å². The van der Waals surface area contributed by atoms with Crippen molar-refractivity contribution < 1.29 is 9.90 Å². The highest BCUT2D eigenvalue weighted by Crippen LogP contribution is 2.28. The van der Waals surface area contributed by atoms with Gasteiger partial charge in [0.05, 0.1) is 5.69 Å².